The molecule has 14 heavy (non-hydrogen) atoms. The monoisotopic (exact) mass is 197 g/mol. The molecule has 2 unspecified atom stereocenters. The highest BCUT2D eigenvalue weighted by molar-refractivity contribution is 5.13. The highest BCUT2D eigenvalue weighted by Gasteiger charge is 2.18. The van der Waals surface area contributed by atoms with Crippen LogP contribution in [0.25, 0.3) is 0 Å². The standard InChI is InChI=1S/C11H19NO2/c1-3-9-4-5-11(14-9)10(6-7-13)8(2)12/h4-5,8,10,13H,3,6-7,12H2,1-2H3. The predicted octanol–water partition coefficient (Wildman–Crippen LogP) is 1.66. The lowest BCUT2D eigenvalue weighted by atomic mass is 9.96. The largest absolute Gasteiger partial charge is 0.466 e. The maximum Gasteiger partial charge on any atom is 0.108 e. The van der Waals surface area contributed by atoms with E-state index < -0.39 is 0 Å². The molecule has 0 saturated heterocycles. The number of aliphatic hydroxyl groups is 1. The quantitative estimate of drug-likeness (QED) is 0.754. The Balaban J connectivity index is 2.76. The van der Waals surface area contributed by atoms with E-state index in [0.717, 1.165) is 17.9 Å². The molecule has 2 atom stereocenters. The van der Waals surface area contributed by atoms with Crippen molar-refractivity contribution in [3.05, 3.63) is 23.7 Å². The number of aryl methyl sites for hydroxylation is 1. The molecular weight excluding hydrogens is 178 g/mol. The summed E-state index contributed by atoms with van der Waals surface area (Å²) >= 11 is 0. The molecule has 3 nitrogen and oxygen atoms in total. The van der Waals surface area contributed by atoms with Crippen LogP contribution in [-0.4, -0.2) is 17.8 Å². The molecule has 1 aromatic heterocycles. The SMILES string of the molecule is CCc1ccc(C(CCO)C(C)N)o1. The average molecular weight is 197 g/mol. The van der Waals surface area contributed by atoms with E-state index in [1.54, 1.807) is 0 Å². The minimum Gasteiger partial charge on any atom is -0.466 e. The van der Waals surface area contributed by atoms with E-state index in [1.165, 1.54) is 0 Å². The molecule has 0 saturated carbocycles. The number of aliphatic hydroxyl groups excluding tert-OH is 1. The average Bonchev–Trinajstić information content (AvgIpc) is 2.61. The topological polar surface area (TPSA) is 59.4 Å². The van der Waals surface area contributed by atoms with Crippen LogP contribution >= 0.6 is 0 Å². The van der Waals surface area contributed by atoms with Crippen molar-refractivity contribution < 1.29 is 9.52 Å². The van der Waals surface area contributed by atoms with Gasteiger partial charge in [0.05, 0.1) is 0 Å². The fourth-order valence-electron chi connectivity index (χ4n) is 1.59. The van der Waals surface area contributed by atoms with E-state index in [-0.39, 0.29) is 18.6 Å². The van der Waals surface area contributed by atoms with Crippen LogP contribution in [0.3, 0.4) is 0 Å². The zero-order valence-electron chi connectivity index (χ0n) is 8.86. The molecule has 3 heteroatoms. The summed E-state index contributed by atoms with van der Waals surface area (Å²) in [6.45, 7) is 4.14. The molecule has 0 amide bonds. The van der Waals surface area contributed by atoms with Gasteiger partial charge in [0.1, 0.15) is 11.5 Å². The van der Waals surface area contributed by atoms with Crippen LogP contribution in [0.1, 0.15) is 37.7 Å². The van der Waals surface area contributed by atoms with E-state index in [0.29, 0.717) is 6.42 Å². The predicted molar refractivity (Wildman–Crippen MR) is 56.2 cm³/mol. The van der Waals surface area contributed by atoms with E-state index in [4.69, 9.17) is 15.3 Å². The first kappa shape index (κ1) is 11.3. The maximum atomic E-state index is 8.91. The van der Waals surface area contributed by atoms with Crippen molar-refractivity contribution in [2.45, 2.75) is 38.6 Å². The van der Waals surface area contributed by atoms with Gasteiger partial charge in [0.25, 0.3) is 0 Å². The second kappa shape index (κ2) is 5.17. The van der Waals surface area contributed by atoms with Gasteiger partial charge in [-0.15, -0.1) is 0 Å². The second-order valence-electron chi connectivity index (χ2n) is 3.64. The van der Waals surface area contributed by atoms with Gasteiger partial charge in [-0.3, -0.25) is 0 Å². The van der Waals surface area contributed by atoms with Gasteiger partial charge in [-0.25, -0.2) is 0 Å². The lowest BCUT2D eigenvalue weighted by Crippen LogP contribution is -2.25. The summed E-state index contributed by atoms with van der Waals surface area (Å²) in [5, 5.41) is 8.91. The Morgan fingerprint density at radius 1 is 1.50 bits per heavy atom. The van der Waals surface area contributed by atoms with Crippen molar-refractivity contribution >= 4 is 0 Å². The van der Waals surface area contributed by atoms with Gasteiger partial charge in [-0.2, -0.15) is 0 Å². The van der Waals surface area contributed by atoms with Crippen LogP contribution in [0.2, 0.25) is 0 Å². The molecule has 1 rings (SSSR count). The summed E-state index contributed by atoms with van der Waals surface area (Å²) < 4.78 is 5.62. The molecular formula is C11H19NO2. The van der Waals surface area contributed by atoms with Crippen LogP contribution < -0.4 is 5.73 Å². The maximum absolute atomic E-state index is 8.91. The summed E-state index contributed by atoms with van der Waals surface area (Å²) in [5.74, 6) is 2.00. The highest BCUT2D eigenvalue weighted by atomic mass is 16.3. The third kappa shape index (κ3) is 2.59. The Bertz CT molecular complexity index is 268. The minimum absolute atomic E-state index is 0.0120. The van der Waals surface area contributed by atoms with Crippen LogP contribution in [0, 0.1) is 0 Å². The Labute approximate surface area is 84.9 Å². The molecule has 0 bridgehead atoms. The third-order valence-corrected chi connectivity index (χ3v) is 2.47. The van der Waals surface area contributed by atoms with Crippen LogP contribution in [0.15, 0.2) is 16.5 Å². The van der Waals surface area contributed by atoms with Crippen molar-refractivity contribution in [1.29, 1.82) is 0 Å². The fourth-order valence-corrected chi connectivity index (χ4v) is 1.59. The van der Waals surface area contributed by atoms with Gasteiger partial charge in [-0.1, -0.05) is 6.92 Å². The summed E-state index contributed by atoms with van der Waals surface area (Å²) in [7, 11) is 0. The molecule has 0 aliphatic heterocycles. The Kier molecular flexibility index (Phi) is 4.17. The van der Waals surface area contributed by atoms with Crippen LogP contribution in [0.4, 0.5) is 0 Å². The number of nitrogens with two attached hydrogens (primary N) is 1. The summed E-state index contributed by atoms with van der Waals surface area (Å²) in [5.41, 5.74) is 5.83. The van der Waals surface area contributed by atoms with Crippen molar-refractivity contribution in [1.82, 2.24) is 0 Å². The zero-order valence-corrected chi connectivity index (χ0v) is 8.86. The number of rotatable bonds is 5. The minimum atomic E-state index is 0.0120. The molecule has 1 heterocycles. The Morgan fingerprint density at radius 2 is 2.21 bits per heavy atom. The lowest BCUT2D eigenvalue weighted by molar-refractivity contribution is 0.257. The lowest BCUT2D eigenvalue weighted by Gasteiger charge is -2.17. The zero-order chi connectivity index (χ0) is 10.6. The smallest absolute Gasteiger partial charge is 0.108 e. The van der Waals surface area contributed by atoms with E-state index in [2.05, 4.69) is 6.92 Å². The molecule has 3 N–H and O–H groups in total. The second-order valence-corrected chi connectivity index (χ2v) is 3.64. The first-order chi connectivity index (χ1) is 6.69. The van der Waals surface area contributed by atoms with Gasteiger partial charge in [0.2, 0.25) is 0 Å². The molecule has 0 fully saturated rings. The molecule has 0 aliphatic carbocycles. The van der Waals surface area contributed by atoms with E-state index >= 15 is 0 Å². The highest BCUT2D eigenvalue weighted by Crippen LogP contribution is 2.24. The number of hydrogen-bond acceptors (Lipinski definition) is 3. The number of hydrogen-bond donors (Lipinski definition) is 2. The summed E-state index contributed by atoms with van der Waals surface area (Å²) in [6.07, 6.45) is 1.55. The Morgan fingerprint density at radius 3 is 2.64 bits per heavy atom. The molecule has 0 aromatic carbocycles. The molecule has 0 aliphatic rings. The number of furan rings is 1. The fraction of sp³-hybridized carbons (Fsp3) is 0.636. The van der Waals surface area contributed by atoms with Gasteiger partial charge < -0.3 is 15.3 Å². The van der Waals surface area contributed by atoms with Crippen molar-refractivity contribution in [3.63, 3.8) is 0 Å². The van der Waals surface area contributed by atoms with Crippen molar-refractivity contribution in [2.24, 2.45) is 5.73 Å². The van der Waals surface area contributed by atoms with Gasteiger partial charge in [0, 0.05) is 25.0 Å². The first-order valence-corrected chi connectivity index (χ1v) is 5.14. The molecule has 0 spiro atoms. The van der Waals surface area contributed by atoms with E-state index in [1.807, 2.05) is 19.1 Å². The third-order valence-electron chi connectivity index (χ3n) is 2.47. The van der Waals surface area contributed by atoms with Gasteiger partial charge in [0.15, 0.2) is 0 Å². The van der Waals surface area contributed by atoms with Gasteiger partial charge in [-0.05, 0) is 25.5 Å². The Hall–Kier alpha value is -0.800. The van der Waals surface area contributed by atoms with Crippen LogP contribution in [0.5, 0.6) is 0 Å². The normalized spacial score (nSPS) is 15.4. The molecule has 0 radical (unpaired) electrons. The molecule has 1 aromatic rings. The van der Waals surface area contributed by atoms with Crippen molar-refractivity contribution in [2.75, 3.05) is 6.61 Å². The van der Waals surface area contributed by atoms with E-state index in [9.17, 15) is 0 Å². The van der Waals surface area contributed by atoms with Crippen molar-refractivity contribution in [3.8, 4) is 0 Å². The summed E-state index contributed by atoms with van der Waals surface area (Å²) in [6, 6.07) is 3.95. The van der Waals surface area contributed by atoms with Crippen LogP contribution in [-0.2, 0) is 6.42 Å². The molecule has 80 valence electrons. The first-order valence-electron chi connectivity index (χ1n) is 5.14. The van der Waals surface area contributed by atoms with Gasteiger partial charge >= 0.3 is 0 Å². The summed E-state index contributed by atoms with van der Waals surface area (Å²) in [4.78, 5) is 0.